The molecule has 1 spiro atoms. The van der Waals surface area contributed by atoms with Crippen molar-refractivity contribution in [3.05, 3.63) is 0 Å². The molecule has 0 unspecified atom stereocenters. The first-order chi connectivity index (χ1) is 7.28. The van der Waals surface area contributed by atoms with E-state index in [9.17, 15) is 4.79 Å². The Bertz CT molecular complexity index is 282. The Balaban J connectivity index is 1.68. The third kappa shape index (κ3) is 2.48. The number of hydrogen-bond donors (Lipinski definition) is 2. The Kier molecular flexibility index (Phi) is 2.65. The molecule has 4 heteroatoms. The van der Waals surface area contributed by atoms with Crippen LogP contribution in [0.25, 0.3) is 0 Å². The monoisotopic (exact) mass is 226 g/mol. The SMILES string of the molecule is CC(C)(C)OC(=O)NC1CC2(CC(N)C2)C1. The van der Waals surface area contributed by atoms with E-state index >= 15 is 0 Å². The van der Waals surface area contributed by atoms with Gasteiger partial charge >= 0.3 is 6.09 Å². The zero-order chi connectivity index (χ0) is 12.0. The lowest BCUT2D eigenvalue weighted by Crippen LogP contribution is -2.59. The highest BCUT2D eigenvalue weighted by Crippen LogP contribution is 2.55. The highest BCUT2D eigenvalue weighted by molar-refractivity contribution is 5.68. The topological polar surface area (TPSA) is 64.3 Å². The summed E-state index contributed by atoms with van der Waals surface area (Å²) in [5, 5.41) is 2.91. The molecule has 0 aromatic heterocycles. The van der Waals surface area contributed by atoms with E-state index in [0.717, 1.165) is 25.7 Å². The van der Waals surface area contributed by atoms with E-state index in [1.165, 1.54) is 0 Å². The van der Waals surface area contributed by atoms with E-state index in [1.54, 1.807) is 0 Å². The fourth-order valence-electron chi connectivity index (χ4n) is 2.95. The molecule has 92 valence electrons. The largest absolute Gasteiger partial charge is 0.444 e. The molecule has 0 radical (unpaired) electrons. The summed E-state index contributed by atoms with van der Waals surface area (Å²) in [5.41, 5.74) is 5.83. The lowest BCUT2D eigenvalue weighted by atomic mass is 9.52. The molecule has 0 saturated heterocycles. The highest BCUT2D eigenvalue weighted by Gasteiger charge is 2.52. The van der Waals surface area contributed by atoms with Crippen LogP contribution < -0.4 is 11.1 Å². The number of nitrogens with two attached hydrogens (primary N) is 1. The molecule has 2 saturated carbocycles. The third-order valence-corrected chi connectivity index (χ3v) is 3.47. The summed E-state index contributed by atoms with van der Waals surface area (Å²) >= 11 is 0. The Morgan fingerprint density at radius 2 is 1.88 bits per heavy atom. The van der Waals surface area contributed by atoms with Crippen LogP contribution in [0, 0.1) is 5.41 Å². The molecule has 0 atom stereocenters. The van der Waals surface area contributed by atoms with Gasteiger partial charge in [-0.15, -0.1) is 0 Å². The summed E-state index contributed by atoms with van der Waals surface area (Å²) in [6.07, 6.45) is 4.09. The van der Waals surface area contributed by atoms with Crippen LogP contribution in [-0.4, -0.2) is 23.8 Å². The fraction of sp³-hybridized carbons (Fsp3) is 0.917. The normalized spacial score (nSPS) is 37.5. The smallest absolute Gasteiger partial charge is 0.407 e. The molecule has 0 aromatic carbocycles. The zero-order valence-corrected chi connectivity index (χ0v) is 10.4. The van der Waals surface area contributed by atoms with Crippen molar-refractivity contribution >= 4 is 6.09 Å². The maximum Gasteiger partial charge on any atom is 0.407 e. The summed E-state index contributed by atoms with van der Waals surface area (Å²) in [6.45, 7) is 5.62. The Morgan fingerprint density at radius 1 is 1.31 bits per heavy atom. The second-order valence-corrected chi connectivity index (χ2v) is 6.42. The molecule has 0 bridgehead atoms. The maximum absolute atomic E-state index is 11.5. The molecule has 1 amide bonds. The fourth-order valence-corrected chi connectivity index (χ4v) is 2.95. The van der Waals surface area contributed by atoms with Crippen LogP contribution in [0.1, 0.15) is 46.5 Å². The van der Waals surface area contributed by atoms with Gasteiger partial charge in [-0.25, -0.2) is 4.79 Å². The molecule has 2 aliphatic carbocycles. The minimum atomic E-state index is -0.412. The second-order valence-electron chi connectivity index (χ2n) is 6.42. The summed E-state index contributed by atoms with van der Waals surface area (Å²) in [7, 11) is 0. The minimum Gasteiger partial charge on any atom is -0.444 e. The van der Waals surface area contributed by atoms with Gasteiger partial charge in [-0.3, -0.25) is 0 Å². The van der Waals surface area contributed by atoms with Crippen LogP contribution in [0.4, 0.5) is 4.79 Å². The molecule has 0 aromatic rings. The number of hydrogen-bond acceptors (Lipinski definition) is 3. The summed E-state index contributed by atoms with van der Waals surface area (Å²) in [5.74, 6) is 0. The van der Waals surface area contributed by atoms with Crippen molar-refractivity contribution in [2.24, 2.45) is 11.1 Å². The van der Waals surface area contributed by atoms with Gasteiger partial charge in [0.2, 0.25) is 0 Å². The van der Waals surface area contributed by atoms with Crippen LogP contribution in [0.15, 0.2) is 0 Å². The standard InChI is InChI=1S/C12H22N2O2/c1-11(2,3)16-10(15)14-9-6-12(7-9)4-8(13)5-12/h8-9H,4-7,13H2,1-3H3,(H,14,15). The molecule has 4 nitrogen and oxygen atoms in total. The first-order valence-corrected chi connectivity index (χ1v) is 6.03. The number of carbonyl (C=O) groups excluding carboxylic acids is 1. The van der Waals surface area contributed by atoms with E-state index in [2.05, 4.69) is 5.32 Å². The molecule has 0 aliphatic heterocycles. The molecule has 0 heterocycles. The molecule has 2 rings (SSSR count). The summed E-state index contributed by atoms with van der Waals surface area (Å²) in [4.78, 5) is 11.5. The van der Waals surface area contributed by atoms with Crippen LogP contribution in [-0.2, 0) is 4.74 Å². The van der Waals surface area contributed by atoms with Crippen molar-refractivity contribution in [2.45, 2.75) is 64.1 Å². The average Bonchev–Trinajstić information content (AvgIpc) is 1.93. The van der Waals surface area contributed by atoms with Gasteiger partial charge < -0.3 is 15.8 Å². The van der Waals surface area contributed by atoms with Crippen LogP contribution in [0.5, 0.6) is 0 Å². The predicted octanol–water partition coefficient (Wildman–Crippen LogP) is 1.78. The van der Waals surface area contributed by atoms with Crippen molar-refractivity contribution < 1.29 is 9.53 Å². The number of nitrogens with one attached hydrogen (secondary N) is 1. The summed E-state index contributed by atoms with van der Waals surface area (Å²) in [6, 6.07) is 0.685. The number of rotatable bonds is 1. The van der Waals surface area contributed by atoms with E-state index in [4.69, 9.17) is 10.5 Å². The van der Waals surface area contributed by atoms with Gasteiger partial charge in [0.05, 0.1) is 0 Å². The molecular formula is C12H22N2O2. The number of alkyl carbamates (subject to hydrolysis) is 1. The minimum absolute atomic E-state index is 0.294. The number of ether oxygens (including phenoxy) is 1. The van der Waals surface area contributed by atoms with E-state index in [1.807, 2.05) is 20.8 Å². The number of carbonyl (C=O) groups is 1. The van der Waals surface area contributed by atoms with Gasteiger partial charge in [0.15, 0.2) is 0 Å². The van der Waals surface area contributed by atoms with Crippen molar-refractivity contribution in [3.8, 4) is 0 Å². The van der Waals surface area contributed by atoms with Gasteiger partial charge in [-0.1, -0.05) is 0 Å². The van der Waals surface area contributed by atoms with Crippen molar-refractivity contribution in [1.82, 2.24) is 5.32 Å². The van der Waals surface area contributed by atoms with Crippen molar-refractivity contribution in [2.75, 3.05) is 0 Å². The van der Waals surface area contributed by atoms with Gasteiger partial charge in [0, 0.05) is 12.1 Å². The zero-order valence-electron chi connectivity index (χ0n) is 10.4. The van der Waals surface area contributed by atoms with Gasteiger partial charge in [-0.2, -0.15) is 0 Å². The van der Waals surface area contributed by atoms with Crippen molar-refractivity contribution in [1.29, 1.82) is 0 Å². The Morgan fingerprint density at radius 3 is 2.31 bits per heavy atom. The van der Waals surface area contributed by atoms with Gasteiger partial charge in [0.25, 0.3) is 0 Å². The molecule has 2 aliphatic rings. The predicted molar refractivity (Wildman–Crippen MR) is 62.0 cm³/mol. The molecular weight excluding hydrogens is 204 g/mol. The molecule has 16 heavy (non-hydrogen) atoms. The maximum atomic E-state index is 11.5. The lowest BCUT2D eigenvalue weighted by Gasteiger charge is -2.56. The van der Waals surface area contributed by atoms with Crippen molar-refractivity contribution in [3.63, 3.8) is 0 Å². The quantitative estimate of drug-likeness (QED) is 0.716. The Hall–Kier alpha value is -0.770. The van der Waals surface area contributed by atoms with E-state index < -0.39 is 5.60 Å². The molecule has 2 fully saturated rings. The molecule has 3 N–H and O–H groups in total. The van der Waals surface area contributed by atoms with Crippen LogP contribution in [0.3, 0.4) is 0 Å². The average molecular weight is 226 g/mol. The van der Waals surface area contributed by atoms with Crippen LogP contribution in [0.2, 0.25) is 0 Å². The van der Waals surface area contributed by atoms with Crippen LogP contribution >= 0.6 is 0 Å². The van der Waals surface area contributed by atoms with Gasteiger partial charge in [-0.05, 0) is 51.9 Å². The summed E-state index contributed by atoms with van der Waals surface area (Å²) < 4.78 is 5.21. The Labute approximate surface area is 96.9 Å². The first kappa shape index (κ1) is 11.7. The van der Waals surface area contributed by atoms with Gasteiger partial charge in [0.1, 0.15) is 5.60 Å². The third-order valence-electron chi connectivity index (χ3n) is 3.47. The highest BCUT2D eigenvalue weighted by atomic mass is 16.6. The van der Waals surface area contributed by atoms with E-state index in [-0.39, 0.29) is 6.09 Å². The lowest BCUT2D eigenvalue weighted by molar-refractivity contribution is -0.0227. The van der Waals surface area contributed by atoms with E-state index in [0.29, 0.717) is 17.5 Å². The first-order valence-electron chi connectivity index (χ1n) is 6.03. The second kappa shape index (κ2) is 3.62. The number of amides is 1.